The van der Waals surface area contributed by atoms with Gasteiger partial charge in [-0.3, -0.25) is 4.79 Å². The van der Waals surface area contributed by atoms with Gasteiger partial charge < -0.3 is 14.6 Å². The van der Waals surface area contributed by atoms with Gasteiger partial charge in [-0.1, -0.05) is 6.07 Å². The Morgan fingerprint density at radius 2 is 2.00 bits per heavy atom. The topological polar surface area (TPSA) is 60.3 Å². The Kier molecular flexibility index (Phi) is 4.19. The van der Waals surface area contributed by atoms with Gasteiger partial charge in [0.15, 0.2) is 6.10 Å². The molecule has 0 spiro atoms. The van der Waals surface area contributed by atoms with E-state index < -0.39 is 12.1 Å². The zero-order valence-corrected chi connectivity index (χ0v) is 13.3. The molecule has 1 aromatic carbocycles. The van der Waals surface area contributed by atoms with Crippen LogP contribution in [0.2, 0.25) is 0 Å². The van der Waals surface area contributed by atoms with Crippen LogP contribution in [-0.2, 0) is 29.4 Å². The van der Waals surface area contributed by atoms with Crippen molar-refractivity contribution in [3.8, 4) is 0 Å². The molecule has 0 unspecified atom stereocenters. The number of carbonyl (C=O) groups excluding carboxylic acids is 2. The van der Waals surface area contributed by atoms with Crippen LogP contribution in [-0.4, -0.2) is 22.5 Å². The van der Waals surface area contributed by atoms with E-state index in [1.807, 2.05) is 12.1 Å². The van der Waals surface area contributed by atoms with Gasteiger partial charge in [-0.25, -0.2) is 4.79 Å². The molecule has 1 amide bonds. The fourth-order valence-electron chi connectivity index (χ4n) is 2.84. The van der Waals surface area contributed by atoms with Crippen molar-refractivity contribution in [2.45, 2.75) is 32.3 Å². The molecule has 1 aliphatic rings. The zero-order valence-electron chi connectivity index (χ0n) is 13.3. The first-order valence-corrected chi connectivity index (χ1v) is 7.79. The van der Waals surface area contributed by atoms with E-state index in [0.717, 1.165) is 24.9 Å². The summed E-state index contributed by atoms with van der Waals surface area (Å²) in [6, 6.07) is 9.37. The largest absolute Gasteiger partial charge is 0.448 e. The first kappa shape index (κ1) is 15.3. The molecule has 1 aromatic heterocycles. The van der Waals surface area contributed by atoms with E-state index >= 15 is 0 Å². The second-order valence-corrected chi connectivity index (χ2v) is 5.88. The maximum Gasteiger partial charge on any atom is 0.355 e. The SMILES string of the molecule is C[C@@H](OC(=O)c1cccn1C)C(=O)Nc1ccc2c(c1)CCC2. The van der Waals surface area contributed by atoms with Crippen molar-refractivity contribution in [3.05, 3.63) is 53.3 Å². The standard InChI is InChI=1S/C18H20N2O3/c1-12(23-18(22)16-7-4-10-20(16)2)17(21)19-15-9-8-13-5-3-6-14(13)11-15/h4,7-12H,3,5-6H2,1-2H3,(H,19,21)/t12-/m1/s1. The van der Waals surface area contributed by atoms with Crippen molar-refractivity contribution in [1.82, 2.24) is 4.57 Å². The Labute approximate surface area is 135 Å². The van der Waals surface area contributed by atoms with Crippen molar-refractivity contribution < 1.29 is 14.3 Å². The highest BCUT2D eigenvalue weighted by Gasteiger charge is 2.21. The number of benzene rings is 1. The number of hydrogen-bond acceptors (Lipinski definition) is 3. The fraction of sp³-hybridized carbons (Fsp3) is 0.333. The summed E-state index contributed by atoms with van der Waals surface area (Å²) in [6.45, 7) is 1.57. The minimum Gasteiger partial charge on any atom is -0.448 e. The average molecular weight is 312 g/mol. The molecule has 5 nitrogen and oxygen atoms in total. The molecule has 1 atom stereocenters. The summed E-state index contributed by atoms with van der Waals surface area (Å²) in [7, 11) is 1.76. The number of amides is 1. The number of ether oxygens (including phenoxy) is 1. The zero-order chi connectivity index (χ0) is 16.4. The monoisotopic (exact) mass is 312 g/mol. The fourth-order valence-corrected chi connectivity index (χ4v) is 2.84. The van der Waals surface area contributed by atoms with Gasteiger partial charge in [-0.2, -0.15) is 0 Å². The molecular formula is C18H20N2O3. The van der Waals surface area contributed by atoms with Crippen LogP contribution in [0.15, 0.2) is 36.5 Å². The number of carbonyl (C=O) groups is 2. The molecule has 0 aliphatic heterocycles. The maximum absolute atomic E-state index is 12.2. The third-order valence-electron chi connectivity index (χ3n) is 4.17. The Bertz CT molecular complexity index is 748. The molecular weight excluding hydrogens is 292 g/mol. The summed E-state index contributed by atoms with van der Waals surface area (Å²) in [5.41, 5.74) is 3.81. The predicted octanol–water partition coefficient (Wildman–Crippen LogP) is 2.70. The number of nitrogens with zero attached hydrogens (tertiary/aromatic N) is 1. The molecule has 23 heavy (non-hydrogen) atoms. The van der Waals surface area contributed by atoms with Gasteiger partial charge in [0.1, 0.15) is 5.69 Å². The maximum atomic E-state index is 12.2. The number of esters is 1. The molecule has 1 aliphatic carbocycles. The first-order chi connectivity index (χ1) is 11.0. The second-order valence-electron chi connectivity index (χ2n) is 5.88. The van der Waals surface area contributed by atoms with Gasteiger partial charge in [0, 0.05) is 18.9 Å². The van der Waals surface area contributed by atoms with Crippen LogP contribution < -0.4 is 5.32 Å². The van der Waals surface area contributed by atoms with E-state index in [1.54, 1.807) is 36.9 Å². The highest BCUT2D eigenvalue weighted by molar-refractivity contribution is 5.97. The van der Waals surface area contributed by atoms with Gasteiger partial charge in [0.25, 0.3) is 5.91 Å². The molecule has 0 saturated heterocycles. The number of aryl methyl sites for hydroxylation is 3. The quantitative estimate of drug-likeness (QED) is 0.883. The molecule has 0 saturated carbocycles. The molecule has 1 heterocycles. The molecule has 0 fully saturated rings. The number of fused-ring (bicyclic) bond motifs is 1. The van der Waals surface area contributed by atoms with E-state index in [9.17, 15) is 9.59 Å². The molecule has 1 N–H and O–H groups in total. The smallest absolute Gasteiger partial charge is 0.355 e. The molecule has 120 valence electrons. The van der Waals surface area contributed by atoms with Crippen LogP contribution >= 0.6 is 0 Å². The van der Waals surface area contributed by atoms with Gasteiger partial charge in [0.2, 0.25) is 0 Å². The summed E-state index contributed by atoms with van der Waals surface area (Å²) in [4.78, 5) is 24.2. The number of aromatic nitrogens is 1. The van der Waals surface area contributed by atoms with Crippen LogP contribution in [0.3, 0.4) is 0 Å². The van der Waals surface area contributed by atoms with Crippen molar-refractivity contribution in [2.75, 3.05) is 5.32 Å². The Balaban J connectivity index is 1.61. The van der Waals surface area contributed by atoms with Crippen molar-refractivity contribution >= 4 is 17.6 Å². The lowest BCUT2D eigenvalue weighted by Crippen LogP contribution is -2.30. The third kappa shape index (κ3) is 3.28. The summed E-state index contributed by atoms with van der Waals surface area (Å²) in [6.07, 6.45) is 4.22. The van der Waals surface area contributed by atoms with Crippen LogP contribution in [0.25, 0.3) is 0 Å². The van der Waals surface area contributed by atoms with E-state index in [0.29, 0.717) is 5.69 Å². The Morgan fingerprint density at radius 3 is 2.74 bits per heavy atom. The second kappa shape index (κ2) is 6.28. The number of anilines is 1. The van der Waals surface area contributed by atoms with Gasteiger partial charge in [-0.15, -0.1) is 0 Å². The minimum absolute atomic E-state index is 0.328. The first-order valence-electron chi connectivity index (χ1n) is 7.79. The van der Waals surface area contributed by atoms with Crippen molar-refractivity contribution in [1.29, 1.82) is 0 Å². The Morgan fingerprint density at radius 1 is 1.22 bits per heavy atom. The molecule has 3 rings (SSSR count). The predicted molar refractivity (Wildman–Crippen MR) is 87.4 cm³/mol. The minimum atomic E-state index is -0.856. The van der Waals surface area contributed by atoms with E-state index in [2.05, 4.69) is 11.4 Å². The van der Waals surface area contributed by atoms with Gasteiger partial charge >= 0.3 is 5.97 Å². The number of nitrogens with one attached hydrogen (secondary N) is 1. The number of rotatable bonds is 4. The molecule has 0 bridgehead atoms. The molecule has 0 radical (unpaired) electrons. The molecule has 2 aromatic rings. The lowest BCUT2D eigenvalue weighted by atomic mass is 10.1. The highest BCUT2D eigenvalue weighted by atomic mass is 16.5. The lowest BCUT2D eigenvalue weighted by molar-refractivity contribution is -0.123. The lowest BCUT2D eigenvalue weighted by Gasteiger charge is -2.14. The summed E-state index contributed by atoms with van der Waals surface area (Å²) in [5, 5.41) is 2.81. The average Bonchev–Trinajstić information content (AvgIpc) is 3.15. The van der Waals surface area contributed by atoms with Gasteiger partial charge in [-0.05, 0) is 61.6 Å². The normalized spacial score (nSPS) is 14.2. The summed E-state index contributed by atoms with van der Waals surface area (Å²) in [5.74, 6) is -0.834. The van der Waals surface area contributed by atoms with E-state index in [4.69, 9.17) is 4.74 Å². The van der Waals surface area contributed by atoms with Crippen molar-refractivity contribution in [2.24, 2.45) is 7.05 Å². The van der Waals surface area contributed by atoms with Crippen LogP contribution in [0.1, 0.15) is 35.0 Å². The van der Waals surface area contributed by atoms with Crippen LogP contribution in [0.5, 0.6) is 0 Å². The van der Waals surface area contributed by atoms with Crippen molar-refractivity contribution in [3.63, 3.8) is 0 Å². The van der Waals surface area contributed by atoms with E-state index in [1.165, 1.54) is 11.1 Å². The van der Waals surface area contributed by atoms with Gasteiger partial charge in [0.05, 0.1) is 0 Å². The Hall–Kier alpha value is -2.56. The summed E-state index contributed by atoms with van der Waals surface area (Å²) >= 11 is 0. The van der Waals surface area contributed by atoms with E-state index in [-0.39, 0.29) is 5.91 Å². The summed E-state index contributed by atoms with van der Waals surface area (Å²) < 4.78 is 6.89. The molecule has 5 heteroatoms. The third-order valence-corrected chi connectivity index (χ3v) is 4.17. The van der Waals surface area contributed by atoms with Crippen LogP contribution in [0.4, 0.5) is 5.69 Å². The van der Waals surface area contributed by atoms with Crippen LogP contribution in [0, 0.1) is 0 Å². The highest BCUT2D eigenvalue weighted by Crippen LogP contribution is 2.25. The number of hydrogen-bond donors (Lipinski definition) is 1.